The van der Waals surface area contributed by atoms with Gasteiger partial charge in [-0.05, 0) is 31.0 Å². The second kappa shape index (κ2) is 7.53. The Hall–Kier alpha value is -1.88. The molecule has 1 aromatic rings. The summed E-state index contributed by atoms with van der Waals surface area (Å²) in [6.45, 7) is 1.01. The molecule has 0 aliphatic rings. The fourth-order valence-corrected chi connectivity index (χ4v) is 1.80. The van der Waals surface area contributed by atoms with Crippen molar-refractivity contribution < 1.29 is 14.7 Å². The zero-order chi connectivity index (χ0) is 14.3. The number of nitrogens with two attached hydrogens (primary N) is 1. The van der Waals surface area contributed by atoms with Gasteiger partial charge in [-0.15, -0.1) is 0 Å². The fraction of sp³-hybridized carbons (Fsp3) is 0.429. The van der Waals surface area contributed by atoms with E-state index in [-0.39, 0.29) is 5.91 Å². The van der Waals surface area contributed by atoms with Crippen molar-refractivity contribution in [1.29, 1.82) is 0 Å². The number of nitrogens with zero attached hydrogens (tertiary/aromatic N) is 1. The number of hydrogen-bond acceptors (Lipinski definition) is 3. The Labute approximate surface area is 113 Å². The average Bonchev–Trinajstić information content (AvgIpc) is 2.42. The zero-order valence-electron chi connectivity index (χ0n) is 11.1. The molecule has 0 unspecified atom stereocenters. The predicted octanol–water partition coefficient (Wildman–Crippen LogP) is 1.12. The number of benzene rings is 1. The van der Waals surface area contributed by atoms with Crippen LogP contribution in [0.4, 0.5) is 0 Å². The monoisotopic (exact) mass is 264 g/mol. The number of carbonyl (C=O) groups excluding carboxylic acids is 1. The maximum Gasteiger partial charge on any atom is 0.335 e. The first-order valence-electron chi connectivity index (χ1n) is 6.31. The minimum Gasteiger partial charge on any atom is -0.478 e. The van der Waals surface area contributed by atoms with E-state index in [1.54, 1.807) is 36.2 Å². The quantitative estimate of drug-likeness (QED) is 0.773. The van der Waals surface area contributed by atoms with Crippen LogP contribution in [0.3, 0.4) is 0 Å². The van der Waals surface area contributed by atoms with Crippen LogP contribution in [-0.2, 0) is 11.2 Å². The van der Waals surface area contributed by atoms with Crippen LogP contribution < -0.4 is 5.73 Å². The summed E-state index contributed by atoms with van der Waals surface area (Å²) in [6, 6.07) is 6.86. The third kappa shape index (κ3) is 4.71. The predicted molar refractivity (Wildman–Crippen MR) is 73.0 cm³/mol. The SMILES string of the molecule is CN(CCc1ccccc1C(=O)O)C(=O)CCCN. The lowest BCUT2D eigenvalue weighted by molar-refractivity contribution is -0.129. The van der Waals surface area contributed by atoms with Crippen LogP contribution in [0.2, 0.25) is 0 Å². The molecule has 0 aliphatic carbocycles. The number of carboxylic acid groups (broad SMARTS) is 1. The molecule has 1 rings (SSSR count). The number of carboxylic acids is 1. The summed E-state index contributed by atoms with van der Waals surface area (Å²) in [4.78, 5) is 24.4. The Bertz CT molecular complexity index is 446. The van der Waals surface area contributed by atoms with Gasteiger partial charge in [0.1, 0.15) is 0 Å². The average molecular weight is 264 g/mol. The van der Waals surface area contributed by atoms with Crippen molar-refractivity contribution in [3.05, 3.63) is 35.4 Å². The lowest BCUT2D eigenvalue weighted by Gasteiger charge is -2.17. The first-order valence-corrected chi connectivity index (χ1v) is 6.31. The van der Waals surface area contributed by atoms with Crippen LogP contribution in [0, 0.1) is 0 Å². The molecule has 5 nitrogen and oxygen atoms in total. The molecular weight excluding hydrogens is 244 g/mol. The first kappa shape index (κ1) is 15.2. The van der Waals surface area contributed by atoms with Crippen molar-refractivity contribution in [2.75, 3.05) is 20.1 Å². The van der Waals surface area contributed by atoms with Crippen molar-refractivity contribution in [2.45, 2.75) is 19.3 Å². The number of hydrogen-bond donors (Lipinski definition) is 2. The summed E-state index contributed by atoms with van der Waals surface area (Å²) >= 11 is 0. The van der Waals surface area contributed by atoms with E-state index in [9.17, 15) is 9.59 Å². The summed E-state index contributed by atoms with van der Waals surface area (Å²) < 4.78 is 0. The van der Waals surface area contributed by atoms with Gasteiger partial charge in [0, 0.05) is 20.0 Å². The van der Waals surface area contributed by atoms with Gasteiger partial charge in [0.05, 0.1) is 5.56 Å². The smallest absolute Gasteiger partial charge is 0.335 e. The Kier molecular flexibility index (Phi) is 6.02. The van der Waals surface area contributed by atoms with Gasteiger partial charge >= 0.3 is 5.97 Å². The summed E-state index contributed by atoms with van der Waals surface area (Å²) in [5.74, 6) is -0.897. The largest absolute Gasteiger partial charge is 0.478 e. The van der Waals surface area contributed by atoms with Gasteiger partial charge in [0.25, 0.3) is 0 Å². The molecule has 104 valence electrons. The maximum atomic E-state index is 11.7. The van der Waals surface area contributed by atoms with E-state index in [1.165, 1.54) is 0 Å². The molecule has 0 atom stereocenters. The van der Waals surface area contributed by atoms with Gasteiger partial charge in [-0.25, -0.2) is 4.79 Å². The van der Waals surface area contributed by atoms with Crippen molar-refractivity contribution in [3.63, 3.8) is 0 Å². The molecule has 19 heavy (non-hydrogen) atoms. The molecule has 1 amide bonds. The van der Waals surface area contributed by atoms with Crippen molar-refractivity contribution in [3.8, 4) is 0 Å². The first-order chi connectivity index (χ1) is 9.06. The number of aromatic carboxylic acids is 1. The second-order valence-corrected chi connectivity index (χ2v) is 4.42. The van der Waals surface area contributed by atoms with Gasteiger partial charge in [-0.2, -0.15) is 0 Å². The summed E-state index contributed by atoms with van der Waals surface area (Å²) in [5.41, 5.74) is 6.40. The number of likely N-dealkylation sites (N-methyl/N-ethyl adjacent to an activating group) is 1. The van der Waals surface area contributed by atoms with Crippen molar-refractivity contribution >= 4 is 11.9 Å². The standard InChI is InChI=1S/C14H20N2O3/c1-16(13(17)7-4-9-15)10-8-11-5-2-3-6-12(11)14(18)19/h2-3,5-6H,4,7-10,15H2,1H3,(H,18,19). The molecule has 0 bridgehead atoms. The highest BCUT2D eigenvalue weighted by Crippen LogP contribution is 2.10. The van der Waals surface area contributed by atoms with E-state index in [0.717, 1.165) is 5.56 Å². The lowest BCUT2D eigenvalue weighted by Crippen LogP contribution is -2.29. The third-order valence-electron chi connectivity index (χ3n) is 2.98. The number of carbonyl (C=O) groups is 2. The van der Waals surface area contributed by atoms with Crippen LogP contribution >= 0.6 is 0 Å². The minimum atomic E-state index is -0.937. The van der Waals surface area contributed by atoms with E-state index in [2.05, 4.69) is 0 Å². The lowest BCUT2D eigenvalue weighted by atomic mass is 10.0. The molecule has 1 aromatic carbocycles. The third-order valence-corrected chi connectivity index (χ3v) is 2.98. The molecule has 0 fully saturated rings. The van der Waals surface area contributed by atoms with E-state index < -0.39 is 5.97 Å². The Morgan fingerprint density at radius 1 is 1.32 bits per heavy atom. The van der Waals surface area contributed by atoms with Crippen LogP contribution in [0.25, 0.3) is 0 Å². The molecule has 0 aliphatic heterocycles. The minimum absolute atomic E-state index is 0.0401. The van der Waals surface area contributed by atoms with Crippen LogP contribution in [0.5, 0.6) is 0 Å². The van der Waals surface area contributed by atoms with Gasteiger partial charge < -0.3 is 15.7 Å². The Morgan fingerprint density at radius 2 is 2.00 bits per heavy atom. The highest BCUT2D eigenvalue weighted by molar-refractivity contribution is 5.89. The van der Waals surface area contributed by atoms with E-state index in [0.29, 0.717) is 37.9 Å². The van der Waals surface area contributed by atoms with Gasteiger partial charge in [0.2, 0.25) is 5.91 Å². The molecule has 0 saturated carbocycles. The molecule has 0 saturated heterocycles. The fourth-order valence-electron chi connectivity index (χ4n) is 1.80. The second-order valence-electron chi connectivity index (χ2n) is 4.42. The summed E-state index contributed by atoms with van der Waals surface area (Å²) in [7, 11) is 1.72. The molecule has 5 heteroatoms. The van der Waals surface area contributed by atoms with E-state index in [1.807, 2.05) is 0 Å². The normalized spacial score (nSPS) is 10.2. The Balaban J connectivity index is 2.57. The zero-order valence-corrected chi connectivity index (χ0v) is 11.1. The van der Waals surface area contributed by atoms with E-state index >= 15 is 0 Å². The topological polar surface area (TPSA) is 83.6 Å². The van der Waals surface area contributed by atoms with Crippen molar-refractivity contribution in [1.82, 2.24) is 4.90 Å². The summed E-state index contributed by atoms with van der Waals surface area (Å²) in [6.07, 6.45) is 1.65. The molecule has 3 N–H and O–H groups in total. The number of amides is 1. The van der Waals surface area contributed by atoms with Crippen molar-refractivity contribution in [2.24, 2.45) is 5.73 Å². The molecule has 0 heterocycles. The van der Waals surface area contributed by atoms with Crippen LogP contribution in [0.1, 0.15) is 28.8 Å². The summed E-state index contributed by atoms with van der Waals surface area (Å²) in [5, 5.41) is 9.06. The molecule has 0 aromatic heterocycles. The maximum absolute atomic E-state index is 11.7. The van der Waals surface area contributed by atoms with Crippen LogP contribution in [-0.4, -0.2) is 42.0 Å². The highest BCUT2D eigenvalue weighted by atomic mass is 16.4. The van der Waals surface area contributed by atoms with Gasteiger partial charge in [-0.1, -0.05) is 18.2 Å². The Morgan fingerprint density at radius 3 is 2.63 bits per heavy atom. The van der Waals surface area contributed by atoms with Gasteiger partial charge in [-0.3, -0.25) is 4.79 Å². The molecule has 0 spiro atoms. The van der Waals surface area contributed by atoms with E-state index in [4.69, 9.17) is 10.8 Å². The number of rotatable bonds is 7. The molecule has 0 radical (unpaired) electrons. The highest BCUT2D eigenvalue weighted by Gasteiger charge is 2.12. The van der Waals surface area contributed by atoms with Gasteiger partial charge in [0.15, 0.2) is 0 Å². The molecular formula is C14H20N2O3. The van der Waals surface area contributed by atoms with Crippen LogP contribution in [0.15, 0.2) is 24.3 Å².